The summed E-state index contributed by atoms with van der Waals surface area (Å²) in [5.74, 6) is -3.27. The second-order valence-corrected chi connectivity index (χ2v) is 5.40. The van der Waals surface area contributed by atoms with Crippen molar-refractivity contribution in [3.8, 4) is 0 Å². The highest BCUT2D eigenvalue weighted by molar-refractivity contribution is 5.84. The van der Waals surface area contributed by atoms with Crippen LogP contribution in [0.3, 0.4) is 0 Å². The summed E-state index contributed by atoms with van der Waals surface area (Å²) in [6.45, 7) is 0.0568. The normalized spacial score (nSPS) is 19.4. The van der Waals surface area contributed by atoms with E-state index in [-0.39, 0.29) is 30.0 Å². The molecule has 1 aromatic carbocycles. The van der Waals surface area contributed by atoms with Gasteiger partial charge >= 0.3 is 5.97 Å². The predicted molar refractivity (Wildman–Crippen MR) is 74.7 cm³/mol. The summed E-state index contributed by atoms with van der Waals surface area (Å²) >= 11 is 0. The van der Waals surface area contributed by atoms with Crippen molar-refractivity contribution in [3.63, 3.8) is 0 Å². The van der Waals surface area contributed by atoms with E-state index in [1.807, 2.05) is 0 Å². The predicted octanol–water partition coefficient (Wildman–Crippen LogP) is 2.68. The molecule has 1 fully saturated rings. The lowest BCUT2D eigenvalue weighted by Gasteiger charge is -2.04. The molecule has 0 saturated heterocycles. The van der Waals surface area contributed by atoms with Crippen molar-refractivity contribution in [1.29, 1.82) is 0 Å². The Balaban J connectivity index is 1.56. The van der Waals surface area contributed by atoms with E-state index in [4.69, 9.17) is 9.52 Å². The number of hydrogen-bond acceptors (Lipinski definition) is 3. The van der Waals surface area contributed by atoms with Crippen molar-refractivity contribution >= 4 is 11.9 Å². The van der Waals surface area contributed by atoms with Gasteiger partial charge in [-0.3, -0.25) is 4.79 Å². The molecule has 120 valence electrons. The summed E-state index contributed by atoms with van der Waals surface area (Å²) in [6, 6.07) is 6.10. The van der Waals surface area contributed by atoms with Gasteiger partial charge in [0.25, 0.3) is 0 Å². The van der Waals surface area contributed by atoms with Gasteiger partial charge in [0.2, 0.25) is 11.7 Å². The number of nitrogens with one attached hydrogen (secondary N) is 1. The molecule has 0 spiro atoms. The molecule has 1 saturated carbocycles. The molecule has 2 aromatic rings. The minimum atomic E-state index is -1.18. The molecule has 1 heterocycles. The van der Waals surface area contributed by atoms with Crippen molar-refractivity contribution in [2.45, 2.75) is 18.9 Å². The highest BCUT2D eigenvalue weighted by atomic mass is 19.1. The minimum absolute atomic E-state index is 0.0568. The van der Waals surface area contributed by atoms with E-state index in [1.54, 1.807) is 0 Å². The van der Waals surface area contributed by atoms with Gasteiger partial charge in [0.05, 0.1) is 6.54 Å². The Kier molecular flexibility index (Phi) is 3.85. The number of amides is 1. The van der Waals surface area contributed by atoms with Crippen molar-refractivity contribution < 1.29 is 27.9 Å². The number of halogens is 2. The molecule has 5 nitrogen and oxygen atoms in total. The number of furan rings is 1. The Morgan fingerprint density at radius 2 is 2.04 bits per heavy atom. The molecule has 1 aliphatic rings. The van der Waals surface area contributed by atoms with Crippen LogP contribution >= 0.6 is 0 Å². The van der Waals surface area contributed by atoms with Crippen molar-refractivity contribution in [1.82, 2.24) is 5.32 Å². The first-order valence-corrected chi connectivity index (χ1v) is 7.00. The Morgan fingerprint density at radius 3 is 2.70 bits per heavy atom. The van der Waals surface area contributed by atoms with Crippen LogP contribution in [0.15, 0.2) is 34.7 Å². The first-order valence-electron chi connectivity index (χ1n) is 7.00. The fourth-order valence-electron chi connectivity index (χ4n) is 2.52. The van der Waals surface area contributed by atoms with Gasteiger partial charge in [-0.2, -0.15) is 0 Å². The molecule has 23 heavy (non-hydrogen) atoms. The Labute approximate surface area is 129 Å². The van der Waals surface area contributed by atoms with Crippen LogP contribution < -0.4 is 5.32 Å². The summed E-state index contributed by atoms with van der Waals surface area (Å²) in [7, 11) is 0. The summed E-state index contributed by atoms with van der Waals surface area (Å²) in [5.41, 5.74) is 0.331. The smallest absolute Gasteiger partial charge is 0.371 e. The van der Waals surface area contributed by atoms with Gasteiger partial charge < -0.3 is 14.8 Å². The molecule has 1 aliphatic carbocycles. The second-order valence-electron chi connectivity index (χ2n) is 5.40. The maximum Gasteiger partial charge on any atom is 0.371 e. The lowest BCUT2D eigenvalue weighted by Crippen LogP contribution is -2.24. The highest BCUT2D eigenvalue weighted by Gasteiger charge is 2.45. The van der Waals surface area contributed by atoms with Gasteiger partial charge in [0.15, 0.2) is 0 Å². The Hall–Kier alpha value is -2.70. The summed E-state index contributed by atoms with van der Waals surface area (Å²) in [4.78, 5) is 22.7. The lowest BCUT2D eigenvalue weighted by atomic mass is 10.1. The fourth-order valence-corrected chi connectivity index (χ4v) is 2.52. The van der Waals surface area contributed by atoms with Crippen LogP contribution in [0.25, 0.3) is 0 Å². The molecule has 2 atom stereocenters. The highest BCUT2D eigenvalue weighted by Crippen LogP contribution is 2.48. The number of aromatic carboxylic acids is 1. The van der Waals surface area contributed by atoms with E-state index in [0.29, 0.717) is 17.7 Å². The molecule has 0 aliphatic heterocycles. The summed E-state index contributed by atoms with van der Waals surface area (Å²) in [5, 5.41) is 11.4. The van der Waals surface area contributed by atoms with E-state index in [0.717, 1.165) is 6.07 Å². The molecule has 3 rings (SSSR count). The van der Waals surface area contributed by atoms with Crippen LogP contribution in [-0.4, -0.2) is 17.0 Å². The fraction of sp³-hybridized carbons (Fsp3) is 0.250. The standard InChI is InChI=1S/C16H13F2NO4/c17-8-1-3-10(13(18)5-8)11-6-12(11)15(20)19-7-9-2-4-14(23-9)16(21)22/h1-5,11-12H,6-7H2,(H,19,20)(H,21,22). The molecule has 0 bridgehead atoms. The largest absolute Gasteiger partial charge is 0.475 e. The zero-order valence-corrected chi connectivity index (χ0v) is 11.9. The zero-order chi connectivity index (χ0) is 16.6. The minimum Gasteiger partial charge on any atom is -0.475 e. The van der Waals surface area contributed by atoms with E-state index < -0.39 is 17.6 Å². The average molecular weight is 321 g/mol. The number of carboxylic acid groups (broad SMARTS) is 1. The molecule has 1 aromatic heterocycles. The number of hydrogen-bond donors (Lipinski definition) is 2. The third-order valence-electron chi connectivity index (χ3n) is 3.80. The quantitative estimate of drug-likeness (QED) is 0.887. The SMILES string of the molecule is O=C(O)c1ccc(CNC(=O)C2CC2c2ccc(F)cc2F)o1. The maximum absolute atomic E-state index is 13.7. The topological polar surface area (TPSA) is 79.5 Å². The Bertz CT molecular complexity index is 771. The van der Waals surface area contributed by atoms with Crippen molar-refractivity contribution in [2.24, 2.45) is 5.92 Å². The van der Waals surface area contributed by atoms with Gasteiger partial charge in [-0.15, -0.1) is 0 Å². The first kappa shape index (κ1) is 15.2. The third kappa shape index (κ3) is 3.23. The number of carbonyl (C=O) groups is 2. The van der Waals surface area contributed by atoms with Crippen LogP contribution in [0.2, 0.25) is 0 Å². The van der Waals surface area contributed by atoms with E-state index >= 15 is 0 Å². The zero-order valence-electron chi connectivity index (χ0n) is 11.9. The molecular weight excluding hydrogens is 308 g/mol. The molecule has 2 N–H and O–H groups in total. The van der Waals surface area contributed by atoms with Gasteiger partial charge in [-0.1, -0.05) is 6.07 Å². The molecular formula is C16H13F2NO4. The van der Waals surface area contributed by atoms with Gasteiger partial charge in [0, 0.05) is 12.0 Å². The van der Waals surface area contributed by atoms with E-state index in [1.165, 1.54) is 24.3 Å². The van der Waals surface area contributed by atoms with Gasteiger partial charge in [-0.25, -0.2) is 13.6 Å². The van der Waals surface area contributed by atoms with E-state index in [9.17, 15) is 18.4 Å². The Morgan fingerprint density at radius 1 is 1.26 bits per heavy atom. The maximum atomic E-state index is 13.7. The number of benzene rings is 1. The lowest BCUT2D eigenvalue weighted by molar-refractivity contribution is -0.122. The van der Waals surface area contributed by atoms with Gasteiger partial charge in [-0.05, 0) is 36.1 Å². The second kappa shape index (κ2) is 5.83. The summed E-state index contributed by atoms with van der Waals surface area (Å²) < 4.78 is 31.6. The van der Waals surface area contributed by atoms with Crippen LogP contribution in [-0.2, 0) is 11.3 Å². The number of carboxylic acids is 1. The summed E-state index contributed by atoms with van der Waals surface area (Å²) in [6.07, 6.45) is 0.493. The molecule has 7 heteroatoms. The van der Waals surface area contributed by atoms with E-state index in [2.05, 4.69) is 5.32 Å². The molecule has 0 radical (unpaired) electrons. The van der Waals surface area contributed by atoms with Crippen molar-refractivity contribution in [2.75, 3.05) is 0 Å². The van der Waals surface area contributed by atoms with Crippen molar-refractivity contribution in [3.05, 3.63) is 59.1 Å². The average Bonchev–Trinajstić information content (AvgIpc) is 3.13. The number of rotatable bonds is 5. The number of carbonyl (C=O) groups excluding carboxylic acids is 1. The molecule has 1 amide bonds. The third-order valence-corrected chi connectivity index (χ3v) is 3.80. The molecule has 2 unspecified atom stereocenters. The van der Waals surface area contributed by atoms with Crippen LogP contribution in [0, 0.1) is 17.6 Å². The van der Waals surface area contributed by atoms with Gasteiger partial charge in [0.1, 0.15) is 17.4 Å². The van der Waals surface area contributed by atoms with Crippen LogP contribution in [0.1, 0.15) is 34.2 Å². The monoisotopic (exact) mass is 321 g/mol. The van der Waals surface area contributed by atoms with Crippen LogP contribution in [0.5, 0.6) is 0 Å². The van der Waals surface area contributed by atoms with Crippen LogP contribution in [0.4, 0.5) is 8.78 Å². The first-order chi connectivity index (χ1) is 11.0.